The van der Waals surface area contributed by atoms with Crippen molar-refractivity contribution >= 4 is 11.9 Å². The van der Waals surface area contributed by atoms with Gasteiger partial charge in [-0.05, 0) is 25.8 Å². The summed E-state index contributed by atoms with van der Waals surface area (Å²) in [4.78, 5) is 25.3. The smallest absolute Gasteiger partial charge is 0.331 e. The number of esters is 2. The van der Waals surface area contributed by atoms with Crippen LogP contribution in [0.4, 0.5) is 0 Å². The highest BCUT2D eigenvalue weighted by Gasteiger charge is 2.09. The summed E-state index contributed by atoms with van der Waals surface area (Å²) >= 11 is 0. The molecule has 1 heterocycles. The molecule has 6 heteroatoms. The molecule has 0 N–H and O–H groups in total. The van der Waals surface area contributed by atoms with Crippen molar-refractivity contribution in [2.45, 2.75) is 51.9 Å². The summed E-state index contributed by atoms with van der Waals surface area (Å²) in [6.45, 7) is 7.75. The Morgan fingerprint density at radius 1 is 0.880 bits per heavy atom. The standard InChI is InChI=1S/C19H33NO5/c1-2-3-7-14-24-18(21)9-10-19(22)25-15-8-5-4-6-11-20-12-16-23-17-13-20/h9-10H,2-8,11-17H2,1H3/b10-9+. The molecule has 0 atom stereocenters. The van der Waals surface area contributed by atoms with E-state index in [-0.39, 0.29) is 0 Å². The maximum Gasteiger partial charge on any atom is 0.331 e. The molecule has 25 heavy (non-hydrogen) atoms. The van der Waals surface area contributed by atoms with Gasteiger partial charge in [0.05, 0.1) is 26.4 Å². The Balaban J connectivity index is 1.92. The van der Waals surface area contributed by atoms with Crippen molar-refractivity contribution in [2.75, 3.05) is 46.1 Å². The Morgan fingerprint density at radius 2 is 1.44 bits per heavy atom. The van der Waals surface area contributed by atoms with E-state index >= 15 is 0 Å². The minimum absolute atomic E-state index is 0.395. The van der Waals surface area contributed by atoms with E-state index in [1.54, 1.807) is 0 Å². The molecule has 0 radical (unpaired) electrons. The molecule has 0 aliphatic carbocycles. The fraction of sp³-hybridized carbons (Fsp3) is 0.789. The average Bonchev–Trinajstić information content (AvgIpc) is 2.63. The SMILES string of the molecule is CCCCCOC(=O)/C=C/C(=O)OCCCCCCN1CCOCC1. The van der Waals surface area contributed by atoms with Gasteiger partial charge in [-0.1, -0.05) is 32.6 Å². The quantitative estimate of drug-likeness (QED) is 0.287. The molecule has 1 saturated heterocycles. The van der Waals surface area contributed by atoms with Crippen molar-refractivity contribution in [3.05, 3.63) is 12.2 Å². The molecule has 1 aliphatic rings. The Hall–Kier alpha value is -1.40. The van der Waals surface area contributed by atoms with E-state index < -0.39 is 11.9 Å². The molecule has 144 valence electrons. The van der Waals surface area contributed by atoms with Crippen LogP contribution in [0.15, 0.2) is 12.2 Å². The van der Waals surface area contributed by atoms with Crippen LogP contribution in [-0.2, 0) is 23.8 Å². The van der Waals surface area contributed by atoms with Crippen molar-refractivity contribution in [2.24, 2.45) is 0 Å². The molecule has 0 unspecified atom stereocenters. The number of carbonyl (C=O) groups excluding carboxylic acids is 2. The van der Waals surface area contributed by atoms with E-state index in [9.17, 15) is 9.59 Å². The van der Waals surface area contributed by atoms with Crippen LogP contribution in [0.2, 0.25) is 0 Å². The Morgan fingerprint density at radius 3 is 2.04 bits per heavy atom. The Bertz CT molecular complexity index is 391. The van der Waals surface area contributed by atoms with E-state index in [2.05, 4.69) is 11.8 Å². The van der Waals surface area contributed by atoms with Crippen molar-refractivity contribution in [1.82, 2.24) is 4.90 Å². The van der Waals surface area contributed by atoms with Gasteiger partial charge in [0, 0.05) is 25.2 Å². The molecular formula is C19H33NO5. The molecule has 1 rings (SSSR count). The predicted octanol–water partition coefficient (Wildman–Crippen LogP) is 2.71. The lowest BCUT2D eigenvalue weighted by Gasteiger charge is -2.26. The lowest BCUT2D eigenvalue weighted by molar-refractivity contribution is -0.140. The Labute approximate surface area is 151 Å². The zero-order valence-electron chi connectivity index (χ0n) is 15.5. The van der Waals surface area contributed by atoms with Crippen molar-refractivity contribution in [1.29, 1.82) is 0 Å². The zero-order valence-corrected chi connectivity index (χ0v) is 15.5. The van der Waals surface area contributed by atoms with Gasteiger partial charge >= 0.3 is 11.9 Å². The maximum atomic E-state index is 11.5. The van der Waals surface area contributed by atoms with Gasteiger partial charge in [0.1, 0.15) is 0 Å². The number of nitrogens with zero attached hydrogens (tertiary/aromatic N) is 1. The summed E-state index contributed by atoms with van der Waals surface area (Å²) in [5.41, 5.74) is 0. The molecule has 1 fully saturated rings. The van der Waals surface area contributed by atoms with Crippen LogP contribution in [0.1, 0.15) is 51.9 Å². The topological polar surface area (TPSA) is 65.1 Å². The van der Waals surface area contributed by atoms with Crippen LogP contribution >= 0.6 is 0 Å². The predicted molar refractivity (Wildman–Crippen MR) is 96.3 cm³/mol. The molecular weight excluding hydrogens is 322 g/mol. The van der Waals surface area contributed by atoms with Gasteiger partial charge in [-0.3, -0.25) is 4.90 Å². The van der Waals surface area contributed by atoms with Gasteiger partial charge in [-0.25, -0.2) is 9.59 Å². The molecule has 6 nitrogen and oxygen atoms in total. The minimum Gasteiger partial charge on any atom is -0.463 e. The van der Waals surface area contributed by atoms with Gasteiger partial charge in [-0.15, -0.1) is 0 Å². The monoisotopic (exact) mass is 355 g/mol. The van der Waals surface area contributed by atoms with Crippen LogP contribution in [0.5, 0.6) is 0 Å². The van der Waals surface area contributed by atoms with Crippen LogP contribution in [-0.4, -0.2) is 62.9 Å². The zero-order chi connectivity index (χ0) is 18.2. The lowest BCUT2D eigenvalue weighted by Crippen LogP contribution is -2.36. The van der Waals surface area contributed by atoms with Gasteiger partial charge in [0.15, 0.2) is 0 Å². The maximum absolute atomic E-state index is 11.5. The highest BCUT2D eigenvalue weighted by molar-refractivity contribution is 5.91. The molecule has 0 aromatic heterocycles. The highest BCUT2D eigenvalue weighted by Crippen LogP contribution is 2.04. The second-order valence-corrected chi connectivity index (χ2v) is 6.24. The molecule has 0 aromatic carbocycles. The van der Waals surface area contributed by atoms with Crippen LogP contribution < -0.4 is 0 Å². The van der Waals surface area contributed by atoms with Gasteiger partial charge in [-0.2, -0.15) is 0 Å². The summed E-state index contributed by atoms with van der Waals surface area (Å²) in [5.74, 6) is -0.977. The van der Waals surface area contributed by atoms with E-state index in [1.165, 1.54) is 0 Å². The molecule has 0 spiro atoms. The van der Waals surface area contributed by atoms with E-state index in [4.69, 9.17) is 14.2 Å². The average molecular weight is 355 g/mol. The molecule has 0 amide bonds. The summed E-state index contributed by atoms with van der Waals surface area (Å²) < 4.78 is 15.4. The molecule has 0 saturated carbocycles. The molecule has 1 aliphatic heterocycles. The number of hydrogen-bond donors (Lipinski definition) is 0. The summed E-state index contributed by atoms with van der Waals surface area (Å²) in [5, 5.41) is 0. The van der Waals surface area contributed by atoms with Crippen LogP contribution in [0, 0.1) is 0 Å². The van der Waals surface area contributed by atoms with Gasteiger partial charge in [0.2, 0.25) is 0 Å². The Kier molecular flexibility index (Phi) is 12.9. The number of rotatable bonds is 13. The lowest BCUT2D eigenvalue weighted by atomic mass is 10.2. The summed E-state index contributed by atoms with van der Waals surface area (Å²) in [7, 11) is 0. The summed E-state index contributed by atoms with van der Waals surface area (Å²) in [6, 6.07) is 0. The first-order valence-corrected chi connectivity index (χ1v) is 9.54. The largest absolute Gasteiger partial charge is 0.463 e. The van der Waals surface area contributed by atoms with Crippen LogP contribution in [0.25, 0.3) is 0 Å². The number of morpholine rings is 1. The third-order valence-electron chi connectivity index (χ3n) is 4.06. The van der Waals surface area contributed by atoms with Crippen LogP contribution in [0.3, 0.4) is 0 Å². The number of ether oxygens (including phenoxy) is 3. The van der Waals surface area contributed by atoms with E-state index in [0.717, 1.165) is 89.9 Å². The number of carbonyl (C=O) groups is 2. The second kappa shape index (κ2) is 14.9. The third kappa shape index (κ3) is 12.6. The van der Waals surface area contributed by atoms with Gasteiger partial charge in [0.25, 0.3) is 0 Å². The normalized spacial score (nSPS) is 15.4. The van der Waals surface area contributed by atoms with E-state index in [1.807, 2.05) is 0 Å². The number of hydrogen-bond acceptors (Lipinski definition) is 6. The van der Waals surface area contributed by atoms with E-state index in [0.29, 0.717) is 13.2 Å². The summed E-state index contributed by atoms with van der Waals surface area (Å²) in [6.07, 6.45) is 9.43. The minimum atomic E-state index is -0.490. The number of unbranched alkanes of at least 4 members (excludes halogenated alkanes) is 5. The van der Waals surface area contributed by atoms with Crippen molar-refractivity contribution in [3.63, 3.8) is 0 Å². The highest BCUT2D eigenvalue weighted by atomic mass is 16.5. The second-order valence-electron chi connectivity index (χ2n) is 6.24. The van der Waals surface area contributed by atoms with Crippen molar-refractivity contribution < 1.29 is 23.8 Å². The third-order valence-corrected chi connectivity index (χ3v) is 4.06. The molecule has 0 bridgehead atoms. The fourth-order valence-electron chi connectivity index (χ4n) is 2.55. The first-order chi connectivity index (χ1) is 12.2. The molecule has 0 aromatic rings. The first-order valence-electron chi connectivity index (χ1n) is 9.54. The fourth-order valence-corrected chi connectivity index (χ4v) is 2.55. The first kappa shape index (κ1) is 21.6. The van der Waals surface area contributed by atoms with Gasteiger partial charge < -0.3 is 14.2 Å². The van der Waals surface area contributed by atoms with Crippen molar-refractivity contribution in [3.8, 4) is 0 Å².